The van der Waals surface area contributed by atoms with Crippen LogP contribution in [0.1, 0.15) is 11.1 Å². The summed E-state index contributed by atoms with van der Waals surface area (Å²) in [5.74, 6) is -1.99. The van der Waals surface area contributed by atoms with E-state index in [-0.39, 0.29) is 12.3 Å². The van der Waals surface area contributed by atoms with Crippen LogP contribution in [0, 0.1) is 11.6 Å². The largest absolute Gasteiger partial charge is 0.341 e. The number of amides is 1. The zero-order chi connectivity index (χ0) is 15.4. The van der Waals surface area contributed by atoms with Crippen molar-refractivity contribution in [1.82, 2.24) is 4.90 Å². The Labute approximate surface area is 130 Å². The van der Waals surface area contributed by atoms with Crippen molar-refractivity contribution in [3.05, 3.63) is 69.7 Å². The van der Waals surface area contributed by atoms with Gasteiger partial charge in [-0.15, -0.1) is 0 Å². The molecule has 0 fully saturated rings. The van der Waals surface area contributed by atoms with Crippen molar-refractivity contribution < 1.29 is 13.6 Å². The summed E-state index contributed by atoms with van der Waals surface area (Å²) in [7, 11) is 1.68. The smallest absolute Gasteiger partial charge is 0.227 e. The predicted molar refractivity (Wildman–Crippen MR) is 80.7 cm³/mol. The molecule has 0 atom stereocenters. The van der Waals surface area contributed by atoms with Crippen LogP contribution < -0.4 is 0 Å². The Morgan fingerprint density at radius 3 is 2.29 bits per heavy atom. The number of nitrogens with zero attached hydrogens (tertiary/aromatic N) is 1. The first-order valence-electron chi connectivity index (χ1n) is 6.38. The van der Waals surface area contributed by atoms with Gasteiger partial charge in [0.15, 0.2) is 11.6 Å². The molecule has 2 aromatic carbocycles. The van der Waals surface area contributed by atoms with E-state index in [1.54, 1.807) is 11.9 Å². The van der Waals surface area contributed by atoms with Crippen molar-refractivity contribution in [1.29, 1.82) is 0 Å². The molecular formula is C16H14BrF2NO. The zero-order valence-electron chi connectivity index (χ0n) is 11.4. The summed E-state index contributed by atoms with van der Waals surface area (Å²) in [6, 6.07) is 11.2. The van der Waals surface area contributed by atoms with Crippen molar-refractivity contribution in [3.8, 4) is 0 Å². The molecule has 0 spiro atoms. The van der Waals surface area contributed by atoms with Crippen molar-refractivity contribution in [2.75, 3.05) is 7.05 Å². The summed E-state index contributed by atoms with van der Waals surface area (Å²) in [4.78, 5) is 13.6. The van der Waals surface area contributed by atoms with Gasteiger partial charge in [0.1, 0.15) is 0 Å². The van der Waals surface area contributed by atoms with Crippen LogP contribution in [-0.2, 0) is 17.8 Å². The van der Waals surface area contributed by atoms with E-state index in [1.807, 2.05) is 24.3 Å². The predicted octanol–water partition coefficient (Wildman–Crippen LogP) is 3.93. The summed E-state index contributed by atoms with van der Waals surface area (Å²) in [5.41, 5.74) is 1.46. The summed E-state index contributed by atoms with van der Waals surface area (Å²) in [6.45, 7) is 0.468. The van der Waals surface area contributed by atoms with Crippen LogP contribution in [0.4, 0.5) is 8.78 Å². The fourth-order valence-corrected chi connectivity index (χ4v) is 2.18. The fraction of sp³-hybridized carbons (Fsp3) is 0.188. The van der Waals surface area contributed by atoms with Gasteiger partial charge in [-0.1, -0.05) is 34.1 Å². The quantitative estimate of drug-likeness (QED) is 0.815. The molecule has 0 unspecified atom stereocenters. The molecule has 0 saturated carbocycles. The number of carbonyl (C=O) groups excluding carboxylic acids is 1. The van der Waals surface area contributed by atoms with E-state index >= 15 is 0 Å². The molecule has 1 amide bonds. The Bertz CT molecular complexity index is 643. The third-order valence-corrected chi connectivity index (χ3v) is 3.63. The van der Waals surface area contributed by atoms with Crippen molar-refractivity contribution in [2.24, 2.45) is 0 Å². The molecule has 0 N–H and O–H groups in total. The van der Waals surface area contributed by atoms with Gasteiger partial charge < -0.3 is 4.90 Å². The van der Waals surface area contributed by atoms with E-state index in [2.05, 4.69) is 15.9 Å². The maximum atomic E-state index is 13.1. The Morgan fingerprint density at radius 1 is 1.05 bits per heavy atom. The number of benzene rings is 2. The standard InChI is InChI=1S/C16H14BrF2NO/c1-20(10-11-2-5-13(17)6-3-11)16(21)9-12-4-7-14(18)15(19)8-12/h2-8H,9-10H2,1H3. The molecule has 21 heavy (non-hydrogen) atoms. The number of likely N-dealkylation sites (N-methyl/N-ethyl adjacent to an activating group) is 1. The van der Waals surface area contributed by atoms with E-state index in [1.165, 1.54) is 6.07 Å². The van der Waals surface area contributed by atoms with Crippen LogP contribution in [0.25, 0.3) is 0 Å². The number of carbonyl (C=O) groups is 1. The lowest BCUT2D eigenvalue weighted by Gasteiger charge is -2.17. The second kappa shape index (κ2) is 6.80. The molecule has 0 heterocycles. The summed E-state index contributed by atoms with van der Waals surface area (Å²) in [6.07, 6.45) is 0.0459. The lowest BCUT2D eigenvalue weighted by molar-refractivity contribution is -0.129. The minimum Gasteiger partial charge on any atom is -0.341 e. The molecule has 0 aliphatic rings. The van der Waals surface area contributed by atoms with Gasteiger partial charge in [-0.25, -0.2) is 8.78 Å². The molecule has 2 nitrogen and oxygen atoms in total. The lowest BCUT2D eigenvalue weighted by Crippen LogP contribution is -2.27. The Hall–Kier alpha value is -1.75. The van der Waals surface area contributed by atoms with Gasteiger partial charge in [-0.3, -0.25) is 4.79 Å². The lowest BCUT2D eigenvalue weighted by atomic mass is 10.1. The van der Waals surface area contributed by atoms with Gasteiger partial charge in [0.05, 0.1) is 6.42 Å². The van der Waals surface area contributed by atoms with Crippen LogP contribution in [0.5, 0.6) is 0 Å². The van der Waals surface area contributed by atoms with Gasteiger partial charge in [0.25, 0.3) is 0 Å². The third kappa shape index (κ3) is 4.36. The zero-order valence-corrected chi connectivity index (χ0v) is 13.0. The van der Waals surface area contributed by atoms with E-state index < -0.39 is 11.6 Å². The third-order valence-electron chi connectivity index (χ3n) is 3.10. The van der Waals surface area contributed by atoms with Gasteiger partial charge in [0.2, 0.25) is 5.91 Å². The van der Waals surface area contributed by atoms with E-state index in [4.69, 9.17) is 0 Å². The van der Waals surface area contributed by atoms with Crippen molar-refractivity contribution >= 4 is 21.8 Å². The highest BCUT2D eigenvalue weighted by molar-refractivity contribution is 9.10. The maximum Gasteiger partial charge on any atom is 0.227 e. The van der Waals surface area contributed by atoms with Crippen LogP contribution in [0.2, 0.25) is 0 Å². The van der Waals surface area contributed by atoms with Crippen molar-refractivity contribution in [3.63, 3.8) is 0 Å². The fourth-order valence-electron chi connectivity index (χ4n) is 1.91. The number of hydrogen-bond acceptors (Lipinski definition) is 1. The van der Waals surface area contributed by atoms with E-state index in [9.17, 15) is 13.6 Å². The molecule has 110 valence electrons. The highest BCUT2D eigenvalue weighted by Gasteiger charge is 2.12. The van der Waals surface area contributed by atoms with Crippen LogP contribution in [-0.4, -0.2) is 17.9 Å². The Kier molecular flexibility index (Phi) is 5.07. The molecule has 0 aliphatic carbocycles. The number of rotatable bonds is 4. The van der Waals surface area contributed by atoms with Gasteiger partial charge in [0, 0.05) is 18.1 Å². The first kappa shape index (κ1) is 15.6. The van der Waals surface area contributed by atoms with Crippen LogP contribution in [0.3, 0.4) is 0 Å². The highest BCUT2D eigenvalue weighted by atomic mass is 79.9. The SMILES string of the molecule is CN(Cc1ccc(Br)cc1)C(=O)Cc1ccc(F)c(F)c1. The Balaban J connectivity index is 1.98. The molecular weight excluding hydrogens is 340 g/mol. The molecule has 2 aromatic rings. The van der Waals surface area contributed by atoms with Crippen LogP contribution >= 0.6 is 15.9 Å². The summed E-state index contributed by atoms with van der Waals surface area (Å²) >= 11 is 3.35. The molecule has 0 radical (unpaired) electrons. The topological polar surface area (TPSA) is 20.3 Å². The molecule has 0 bridgehead atoms. The second-order valence-corrected chi connectivity index (χ2v) is 5.72. The number of halogens is 3. The Morgan fingerprint density at radius 2 is 1.67 bits per heavy atom. The van der Waals surface area contributed by atoms with Gasteiger partial charge >= 0.3 is 0 Å². The first-order chi connectivity index (χ1) is 9.95. The highest BCUT2D eigenvalue weighted by Crippen LogP contribution is 2.13. The minimum atomic E-state index is -0.934. The van der Waals surface area contributed by atoms with Crippen LogP contribution in [0.15, 0.2) is 46.9 Å². The minimum absolute atomic E-state index is 0.0459. The molecule has 5 heteroatoms. The van der Waals surface area contributed by atoms with E-state index in [0.717, 1.165) is 22.2 Å². The normalized spacial score (nSPS) is 10.5. The molecule has 0 saturated heterocycles. The second-order valence-electron chi connectivity index (χ2n) is 4.80. The molecule has 0 aromatic heterocycles. The van der Waals surface area contributed by atoms with E-state index in [0.29, 0.717) is 12.1 Å². The maximum absolute atomic E-state index is 13.1. The molecule has 0 aliphatic heterocycles. The van der Waals surface area contributed by atoms with Crippen molar-refractivity contribution in [2.45, 2.75) is 13.0 Å². The number of hydrogen-bond donors (Lipinski definition) is 0. The average Bonchev–Trinajstić information content (AvgIpc) is 2.45. The van der Waals surface area contributed by atoms with Gasteiger partial charge in [-0.05, 0) is 35.4 Å². The summed E-state index contributed by atoms with van der Waals surface area (Å²) < 4.78 is 26.9. The van der Waals surface area contributed by atoms with Gasteiger partial charge in [-0.2, -0.15) is 0 Å². The average molecular weight is 354 g/mol. The summed E-state index contributed by atoms with van der Waals surface area (Å²) in [5, 5.41) is 0. The molecule has 2 rings (SSSR count). The first-order valence-corrected chi connectivity index (χ1v) is 7.17. The monoisotopic (exact) mass is 353 g/mol.